The summed E-state index contributed by atoms with van der Waals surface area (Å²) >= 11 is 5.85. The molecule has 1 heterocycles. The number of halogens is 2. The number of aromatic nitrogens is 1. The van der Waals surface area contributed by atoms with Crippen LogP contribution in [0.15, 0.2) is 41.6 Å². The van der Waals surface area contributed by atoms with Crippen molar-refractivity contribution in [3.63, 3.8) is 0 Å². The maximum atomic E-state index is 13.2. The Bertz CT molecular complexity index is 753. The van der Waals surface area contributed by atoms with Gasteiger partial charge >= 0.3 is 0 Å². The molecule has 0 unspecified atom stereocenters. The molecule has 0 aliphatic heterocycles. The summed E-state index contributed by atoms with van der Waals surface area (Å²) in [6.07, 6.45) is 2.51. The van der Waals surface area contributed by atoms with Crippen molar-refractivity contribution in [3.8, 4) is 5.75 Å². The number of benzene rings is 1. The van der Waals surface area contributed by atoms with Gasteiger partial charge in [0.1, 0.15) is 16.5 Å². The summed E-state index contributed by atoms with van der Waals surface area (Å²) in [6.45, 7) is 1.98. The van der Waals surface area contributed by atoms with Crippen LogP contribution in [0.5, 0.6) is 5.75 Å². The van der Waals surface area contributed by atoms with E-state index in [4.69, 9.17) is 16.3 Å². The lowest BCUT2D eigenvalue weighted by Crippen LogP contribution is -2.14. The molecule has 0 aliphatic carbocycles. The fourth-order valence-corrected chi connectivity index (χ4v) is 3.12. The number of nitrogens with one attached hydrogen (secondary N) is 1. The Balaban J connectivity index is 2.40. The first-order valence-corrected chi connectivity index (χ1v) is 7.85. The summed E-state index contributed by atoms with van der Waals surface area (Å²) in [6, 6.07) is 4.88. The average molecular weight is 331 g/mol. The van der Waals surface area contributed by atoms with Crippen molar-refractivity contribution in [1.29, 1.82) is 0 Å². The fraction of sp³-hybridized carbons (Fsp3) is 0.154. The van der Waals surface area contributed by atoms with Crippen LogP contribution in [0.3, 0.4) is 0 Å². The van der Waals surface area contributed by atoms with Crippen LogP contribution < -0.4 is 9.46 Å². The van der Waals surface area contributed by atoms with E-state index in [2.05, 4.69) is 9.71 Å². The lowest BCUT2D eigenvalue weighted by molar-refractivity contribution is 0.340. The minimum absolute atomic E-state index is 0.0394. The fourth-order valence-electron chi connectivity index (χ4n) is 1.62. The first-order chi connectivity index (χ1) is 9.94. The van der Waals surface area contributed by atoms with E-state index in [-0.39, 0.29) is 28.0 Å². The predicted molar refractivity (Wildman–Crippen MR) is 77.6 cm³/mol. The second-order valence-electron chi connectivity index (χ2n) is 3.99. The van der Waals surface area contributed by atoms with Gasteiger partial charge < -0.3 is 4.74 Å². The monoisotopic (exact) mass is 330 g/mol. The first-order valence-electron chi connectivity index (χ1n) is 5.98. The molecule has 0 radical (unpaired) electrons. The van der Waals surface area contributed by atoms with Gasteiger partial charge in [-0.2, -0.15) is 0 Å². The molecule has 1 N–H and O–H groups in total. The Hall–Kier alpha value is -1.86. The van der Waals surface area contributed by atoms with E-state index in [0.717, 1.165) is 18.3 Å². The highest BCUT2D eigenvalue weighted by atomic mass is 35.5. The highest BCUT2D eigenvalue weighted by Gasteiger charge is 2.20. The smallest absolute Gasteiger partial charge is 0.265 e. The second kappa shape index (κ2) is 6.28. The van der Waals surface area contributed by atoms with Crippen molar-refractivity contribution < 1.29 is 17.5 Å². The lowest BCUT2D eigenvalue weighted by atomic mass is 10.3. The van der Waals surface area contributed by atoms with Crippen LogP contribution >= 0.6 is 11.6 Å². The largest absolute Gasteiger partial charge is 0.492 e. The van der Waals surface area contributed by atoms with Crippen LogP contribution in [0, 0.1) is 5.82 Å². The molecule has 0 saturated heterocycles. The van der Waals surface area contributed by atoms with Gasteiger partial charge in [-0.15, -0.1) is 0 Å². The molecule has 0 amide bonds. The molecule has 0 aliphatic rings. The van der Waals surface area contributed by atoms with Crippen LogP contribution in [0.25, 0.3) is 0 Å². The number of hydrogen-bond acceptors (Lipinski definition) is 4. The third kappa shape index (κ3) is 3.62. The normalized spacial score (nSPS) is 11.2. The van der Waals surface area contributed by atoms with Crippen molar-refractivity contribution >= 4 is 27.3 Å². The Morgan fingerprint density at radius 3 is 2.81 bits per heavy atom. The molecule has 8 heteroatoms. The maximum absolute atomic E-state index is 13.2. The zero-order chi connectivity index (χ0) is 15.5. The van der Waals surface area contributed by atoms with Crippen molar-refractivity contribution in [2.24, 2.45) is 0 Å². The summed E-state index contributed by atoms with van der Waals surface area (Å²) < 4.78 is 45.3. The Morgan fingerprint density at radius 2 is 2.14 bits per heavy atom. The second-order valence-corrected chi connectivity index (χ2v) is 6.04. The molecule has 0 fully saturated rings. The molecule has 0 saturated carbocycles. The molecule has 1 aromatic carbocycles. The predicted octanol–water partition coefficient (Wildman–Crippen LogP) is 3.07. The molecule has 2 rings (SSSR count). The number of nitrogens with zero attached hydrogens (tertiary/aromatic N) is 1. The zero-order valence-corrected chi connectivity index (χ0v) is 12.6. The minimum atomic E-state index is -3.94. The van der Waals surface area contributed by atoms with E-state index in [1.807, 2.05) is 0 Å². The third-order valence-electron chi connectivity index (χ3n) is 2.51. The summed E-state index contributed by atoms with van der Waals surface area (Å²) in [7, 11) is -3.94. The molecule has 0 atom stereocenters. The average Bonchev–Trinajstić information content (AvgIpc) is 2.42. The van der Waals surface area contributed by atoms with Gasteiger partial charge in [0.15, 0.2) is 0 Å². The zero-order valence-electron chi connectivity index (χ0n) is 11.0. The number of ether oxygens (including phenoxy) is 1. The molecule has 112 valence electrons. The molecular weight excluding hydrogens is 319 g/mol. The number of sulfonamides is 1. The molecule has 21 heavy (non-hydrogen) atoms. The van der Waals surface area contributed by atoms with E-state index in [0.29, 0.717) is 0 Å². The molecule has 0 spiro atoms. The van der Waals surface area contributed by atoms with Gasteiger partial charge in [0, 0.05) is 18.5 Å². The first kappa shape index (κ1) is 15.5. The number of anilines is 1. The van der Waals surface area contributed by atoms with E-state index in [9.17, 15) is 12.8 Å². The highest BCUT2D eigenvalue weighted by molar-refractivity contribution is 7.92. The van der Waals surface area contributed by atoms with Crippen molar-refractivity contribution in [3.05, 3.63) is 47.5 Å². The molecule has 0 bridgehead atoms. The van der Waals surface area contributed by atoms with Crippen LogP contribution in [-0.4, -0.2) is 20.0 Å². The molecular formula is C13H12ClFN2O3S. The van der Waals surface area contributed by atoms with Gasteiger partial charge in [-0.3, -0.25) is 9.71 Å². The van der Waals surface area contributed by atoms with Crippen LogP contribution in [-0.2, 0) is 10.0 Å². The van der Waals surface area contributed by atoms with Gasteiger partial charge in [-0.1, -0.05) is 11.6 Å². The standard InChI is InChI=1S/C13H12ClFN2O3S/c1-2-20-12-7-9(15)3-4-11(12)17-21(18,19)13-8-16-6-5-10(13)14/h3-8,17H,2H2,1H3. The van der Waals surface area contributed by atoms with Gasteiger partial charge in [0.05, 0.1) is 17.3 Å². The summed E-state index contributed by atoms with van der Waals surface area (Å²) in [5.41, 5.74) is 0.123. The van der Waals surface area contributed by atoms with Gasteiger partial charge in [-0.05, 0) is 25.1 Å². The van der Waals surface area contributed by atoms with E-state index >= 15 is 0 Å². The van der Waals surface area contributed by atoms with Crippen LogP contribution in [0.1, 0.15) is 6.92 Å². The van der Waals surface area contributed by atoms with E-state index in [1.165, 1.54) is 18.3 Å². The third-order valence-corrected chi connectivity index (χ3v) is 4.35. The highest BCUT2D eigenvalue weighted by Crippen LogP contribution is 2.29. The maximum Gasteiger partial charge on any atom is 0.265 e. The quantitative estimate of drug-likeness (QED) is 0.914. The van der Waals surface area contributed by atoms with Gasteiger partial charge in [0.2, 0.25) is 0 Å². The van der Waals surface area contributed by atoms with Gasteiger partial charge in [-0.25, -0.2) is 12.8 Å². The van der Waals surface area contributed by atoms with E-state index < -0.39 is 15.8 Å². The topological polar surface area (TPSA) is 68.3 Å². The SMILES string of the molecule is CCOc1cc(F)ccc1NS(=O)(=O)c1cnccc1Cl. The molecule has 1 aromatic heterocycles. The van der Waals surface area contributed by atoms with Crippen LogP contribution in [0.4, 0.5) is 10.1 Å². The number of hydrogen-bond donors (Lipinski definition) is 1. The Kier molecular flexibility index (Phi) is 4.64. The minimum Gasteiger partial charge on any atom is -0.492 e. The van der Waals surface area contributed by atoms with Crippen LogP contribution in [0.2, 0.25) is 5.02 Å². The number of pyridine rings is 1. The van der Waals surface area contributed by atoms with Gasteiger partial charge in [0.25, 0.3) is 10.0 Å². The summed E-state index contributed by atoms with van der Waals surface area (Å²) in [5.74, 6) is -0.429. The van der Waals surface area contributed by atoms with Crippen molar-refractivity contribution in [2.45, 2.75) is 11.8 Å². The van der Waals surface area contributed by atoms with E-state index in [1.54, 1.807) is 6.92 Å². The summed E-state index contributed by atoms with van der Waals surface area (Å²) in [4.78, 5) is 3.56. The Morgan fingerprint density at radius 1 is 1.38 bits per heavy atom. The van der Waals surface area contributed by atoms with Crippen molar-refractivity contribution in [2.75, 3.05) is 11.3 Å². The molecule has 5 nitrogen and oxygen atoms in total. The lowest BCUT2D eigenvalue weighted by Gasteiger charge is -2.13. The summed E-state index contributed by atoms with van der Waals surface area (Å²) in [5, 5.41) is 0.0394. The molecule has 2 aromatic rings. The number of rotatable bonds is 5. The Labute approximate surface area is 126 Å². The van der Waals surface area contributed by atoms with Crippen molar-refractivity contribution in [1.82, 2.24) is 4.98 Å².